The van der Waals surface area contributed by atoms with E-state index < -0.39 is 0 Å². The molecule has 19 heavy (non-hydrogen) atoms. The van der Waals surface area contributed by atoms with Crippen molar-refractivity contribution in [3.05, 3.63) is 22.2 Å². The number of amides is 1. The van der Waals surface area contributed by atoms with Gasteiger partial charge in [-0.3, -0.25) is 4.79 Å². The fourth-order valence-corrected chi connectivity index (χ4v) is 1.94. The number of carbonyl (C=O) groups excluding carboxylic acids is 1. The van der Waals surface area contributed by atoms with Gasteiger partial charge in [-0.2, -0.15) is 0 Å². The third-order valence-electron chi connectivity index (χ3n) is 2.42. The minimum absolute atomic E-state index is 0.0227. The van der Waals surface area contributed by atoms with Crippen LogP contribution < -0.4 is 11.1 Å². The summed E-state index contributed by atoms with van der Waals surface area (Å²) in [7, 11) is 0. The van der Waals surface area contributed by atoms with Crippen molar-refractivity contribution in [2.45, 2.75) is 20.3 Å². The molecule has 0 heterocycles. The highest BCUT2D eigenvalue weighted by atomic mass is 35.5. The normalized spacial score (nSPS) is 10.8. The fraction of sp³-hybridized carbons (Fsp3) is 0.462. The minimum atomic E-state index is -0.292. The van der Waals surface area contributed by atoms with Crippen molar-refractivity contribution in [2.24, 2.45) is 5.92 Å². The maximum atomic E-state index is 11.7. The number of hydrogen-bond acceptors (Lipinski definition) is 3. The SMILES string of the molecule is CC(C)CCOCC(=O)Nc1c(N)cc(Cl)cc1Cl. The molecule has 0 saturated heterocycles. The average Bonchev–Trinajstić information content (AvgIpc) is 2.29. The molecule has 0 aliphatic carbocycles. The van der Waals surface area contributed by atoms with Crippen LogP contribution in [-0.4, -0.2) is 19.1 Å². The van der Waals surface area contributed by atoms with Crippen LogP contribution in [0.3, 0.4) is 0 Å². The number of halogens is 2. The third-order valence-corrected chi connectivity index (χ3v) is 2.94. The van der Waals surface area contributed by atoms with E-state index in [-0.39, 0.29) is 12.5 Å². The van der Waals surface area contributed by atoms with Crippen LogP contribution in [0, 0.1) is 5.92 Å². The summed E-state index contributed by atoms with van der Waals surface area (Å²) in [4.78, 5) is 11.7. The predicted molar refractivity (Wildman–Crippen MR) is 79.8 cm³/mol. The van der Waals surface area contributed by atoms with E-state index in [1.807, 2.05) is 0 Å². The highest BCUT2D eigenvalue weighted by Crippen LogP contribution is 2.31. The van der Waals surface area contributed by atoms with E-state index in [0.717, 1.165) is 6.42 Å². The van der Waals surface area contributed by atoms with Gasteiger partial charge in [0, 0.05) is 11.6 Å². The Morgan fingerprint density at radius 1 is 1.42 bits per heavy atom. The van der Waals surface area contributed by atoms with Gasteiger partial charge in [-0.25, -0.2) is 0 Å². The van der Waals surface area contributed by atoms with E-state index in [4.69, 9.17) is 33.7 Å². The Kier molecular flexibility index (Phi) is 6.42. The number of nitrogens with one attached hydrogen (secondary N) is 1. The number of anilines is 2. The van der Waals surface area contributed by atoms with Crippen LogP contribution in [0.1, 0.15) is 20.3 Å². The Morgan fingerprint density at radius 2 is 2.11 bits per heavy atom. The van der Waals surface area contributed by atoms with Crippen LogP contribution in [0.4, 0.5) is 11.4 Å². The molecule has 0 aromatic heterocycles. The number of benzene rings is 1. The van der Waals surface area contributed by atoms with E-state index >= 15 is 0 Å². The Hall–Kier alpha value is -0.970. The molecule has 4 nitrogen and oxygen atoms in total. The van der Waals surface area contributed by atoms with Gasteiger partial charge in [-0.15, -0.1) is 0 Å². The van der Waals surface area contributed by atoms with Crippen molar-refractivity contribution in [1.82, 2.24) is 0 Å². The monoisotopic (exact) mass is 304 g/mol. The van der Waals surface area contributed by atoms with Crippen LogP contribution in [0.2, 0.25) is 10.0 Å². The van der Waals surface area contributed by atoms with Gasteiger partial charge in [0.2, 0.25) is 5.91 Å². The lowest BCUT2D eigenvalue weighted by atomic mass is 10.1. The first-order valence-corrected chi connectivity index (χ1v) is 6.78. The second-order valence-electron chi connectivity index (χ2n) is 4.64. The van der Waals surface area contributed by atoms with Crippen molar-refractivity contribution in [2.75, 3.05) is 24.3 Å². The van der Waals surface area contributed by atoms with E-state index in [1.54, 1.807) is 0 Å². The average molecular weight is 305 g/mol. The van der Waals surface area contributed by atoms with Crippen LogP contribution >= 0.6 is 23.2 Å². The van der Waals surface area contributed by atoms with Gasteiger partial charge in [-0.1, -0.05) is 37.0 Å². The summed E-state index contributed by atoms with van der Waals surface area (Å²) in [5.74, 6) is 0.254. The van der Waals surface area contributed by atoms with Gasteiger partial charge in [0.05, 0.1) is 16.4 Å². The summed E-state index contributed by atoms with van der Waals surface area (Å²) in [5.41, 5.74) is 6.43. The summed E-state index contributed by atoms with van der Waals surface area (Å²) >= 11 is 11.8. The second kappa shape index (κ2) is 7.58. The molecule has 6 heteroatoms. The molecule has 0 spiro atoms. The van der Waals surface area contributed by atoms with Crippen molar-refractivity contribution in [1.29, 1.82) is 0 Å². The highest BCUT2D eigenvalue weighted by molar-refractivity contribution is 6.37. The molecule has 106 valence electrons. The first kappa shape index (κ1) is 16.1. The molecule has 1 rings (SSSR count). The van der Waals surface area contributed by atoms with Gasteiger partial charge in [-0.05, 0) is 24.5 Å². The maximum Gasteiger partial charge on any atom is 0.250 e. The summed E-state index contributed by atoms with van der Waals surface area (Å²) in [6, 6.07) is 3.05. The van der Waals surface area contributed by atoms with Crippen LogP contribution in [0.5, 0.6) is 0 Å². The number of nitrogens with two attached hydrogens (primary N) is 1. The van der Waals surface area contributed by atoms with Gasteiger partial charge < -0.3 is 15.8 Å². The number of ether oxygens (including phenoxy) is 1. The molecule has 0 radical (unpaired) electrons. The topological polar surface area (TPSA) is 64.3 Å². The van der Waals surface area contributed by atoms with Gasteiger partial charge >= 0.3 is 0 Å². The first-order chi connectivity index (χ1) is 8.90. The zero-order chi connectivity index (χ0) is 14.4. The number of carbonyl (C=O) groups is 1. The van der Waals surface area contributed by atoms with E-state index in [0.29, 0.717) is 33.9 Å². The molecule has 0 aliphatic heterocycles. The van der Waals surface area contributed by atoms with Crippen molar-refractivity contribution in [3.8, 4) is 0 Å². The van der Waals surface area contributed by atoms with E-state index in [9.17, 15) is 4.79 Å². The molecule has 0 bridgehead atoms. The number of rotatable bonds is 6. The highest BCUT2D eigenvalue weighted by Gasteiger charge is 2.10. The molecule has 0 aliphatic rings. The predicted octanol–water partition coefficient (Wildman–Crippen LogP) is 3.58. The second-order valence-corrected chi connectivity index (χ2v) is 5.48. The lowest BCUT2D eigenvalue weighted by molar-refractivity contribution is -0.120. The molecular weight excluding hydrogens is 287 g/mol. The Bertz CT molecular complexity index is 427. The molecule has 3 N–H and O–H groups in total. The van der Waals surface area contributed by atoms with Crippen molar-refractivity contribution in [3.63, 3.8) is 0 Å². The van der Waals surface area contributed by atoms with E-state index in [1.165, 1.54) is 12.1 Å². The Labute approximate surface area is 123 Å². The van der Waals surface area contributed by atoms with Crippen LogP contribution in [0.25, 0.3) is 0 Å². The Balaban J connectivity index is 2.49. The fourth-order valence-electron chi connectivity index (χ4n) is 1.38. The molecule has 0 unspecified atom stereocenters. The third kappa shape index (κ3) is 5.68. The molecule has 0 saturated carbocycles. The zero-order valence-electron chi connectivity index (χ0n) is 11.0. The zero-order valence-corrected chi connectivity index (χ0v) is 12.5. The quantitative estimate of drug-likeness (QED) is 0.623. The first-order valence-electron chi connectivity index (χ1n) is 6.02. The standard InChI is InChI=1S/C13H18Cl2N2O2/c1-8(2)3-4-19-7-12(18)17-13-10(15)5-9(14)6-11(13)16/h5-6,8H,3-4,7,16H2,1-2H3,(H,17,18). The summed E-state index contributed by atoms with van der Waals surface area (Å²) in [6.07, 6.45) is 0.914. The molecular formula is C13H18Cl2N2O2. The van der Waals surface area contributed by atoms with Gasteiger partial charge in [0.25, 0.3) is 0 Å². The lowest BCUT2D eigenvalue weighted by Crippen LogP contribution is -2.20. The maximum absolute atomic E-state index is 11.7. The largest absolute Gasteiger partial charge is 0.397 e. The van der Waals surface area contributed by atoms with Crippen LogP contribution in [-0.2, 0) is 9.53 Å². The van der Waals surface area contributed by atoms with Gasteiger partial charge in [0.1, 0.15) is 6.61 Å². The van der Waals surface area contributed by atoms with Crippen molar-refractivity contribution < 1.29 is 9.53 Å². The molecule has 0 fully saturated rings. The summed E-state index contributed by atoms with van der Waals surface area (Å²) in [5, 5.41) is 3.35. The smallest absolute Gasteiger partial charge is 0.250 e. The minimum Gasteiger partial charge on any atom is -0.397 e. The summed E-state index contributed by atoms with van der Waals surface area (Å²) in [6.45, 7) is 4.72. The Morgan fingerprint density at radius 3 is 2.68 bits per heavy atom. The molecule has 1 aromatic rings. The molecule has 1 amide bonds. The lowest BCUT2D eigenvalue weighted by Gasteiger charge is -2.11. The van der Waals surface area contributed by atoms with Crippen molar-refractivity contribution >= 4 is 40.5 Å². The summed E-state index contributed by atoms with van der Waals surface area (Å²) < 4.78 is 5.26. The van der Waals surface area contributed by atoms with Gasteiger partial charge in [0.15, 0.2) is 0 Å². The number of nitrogen functional groups attached to an aromatic ring is 1. The molecule has 1 aromatic carbocycles. The van der Waals surface area contributed by atoms with E-state index in [2.05, 4.69) is 19.2 Å². The number of hydrogen-bond donors (Lipinski definition) is 2. The molecule has 0 atom stereocenters. The van der Waals surface area contributed by atoms with Crippen LogP contribution in [0.15, 0.2) is 12.1 Å².